The van der Waals surface area contributed by atoms with Gasteiger partial charge in [-0.1, -0.05) is 0 Å². The summed E-state index contributed by atoms with van der Waals surface area (Å²) in [7, 11) is 0. The van der Waals surface area contributed by atoms with Crippen molar-refractivity contribution in [3.05, 3.63) is 52.8 Å². The minimum atomic E-state index is -0.255. The molecule has 104 valence electrons. The van der Waals surface area contributed by atoms with Crippen LogP contribution in [0.4, 0.5) is 5.69 Å². The van der Waals surface area contributed by atoms with Gasteiger partial charge in [-0.25, -0.2) is 4.98 Å². The number of aromatic nitrogens is 1. The summed E-state index contributed by atoms with van der Waals surface area (Å²) in [6.07, 6.45) is 1.71. The monoisotopic (exact) mass is 334 g/mol. The van der Waals surface area contributed by atoms with Gasteiger partial charge in [0.2, 0.25) is 0 Å². The van der Waals surface area contributed by atoms with Crippen LogP contribution in [0.3, 0.4) is 0 Å². The molecule has 4 nitrogen and oxygen atoms in total. The topological polar surface area (TPSA) is 51.2 Å². The molecule has 2 aromatic rings. The molecule has 20 heavy (non-hydrogen) atoms. The molecule has 0 bridgehead atoms. The Hall–Kier alpha value is -1.88. The molecule has 0 saturated heterocycles. The van der Waals surface area contributed by atoms with Crippen molar-refractivity contribution in [2.75, 3.05) is 5.32 Å². The Balaban J connectivity index is 2.07. The van der Waals surface area contributed by atoms with Gasteiger partial charge in [-0.2, -0.15) is 0 Å². The SMILES string of the molecule is CC(C)Oc1ccc(NC(=O)c2ncccc2Br)cc1. The first-order chi connectivity index (χ1) is 9.56. The maximum Gasteiger partial charge on any atom is 0.275 e. The van der Waals surface area contributed by atoms with Gasteiger partial charge in [0.05, 0.1) is 6.10 Å². The zero-order valence-electron chi connectivity index (χ0n) is 11.3. The van der Waals surface area contributed by atoms with E-state index in [1.807, 2.05) is 26.0 Å². The summed E-state index contributed by atoms with van der Waals surface area (Å²) in [5.41, 5.74) is 1.05. The quantitative estimate of drug-likeness (QED) is 0.922. The van der Waals surface area contributed by atoms with Crippen molar-refractivity contribution in [3.8, 4) is 5.75 Å². The Bertz CT molecular complexity index is 597. The van der Waals surface area contributed by atoms with Gasteiger partial charge in [0.1, 0.15) is 11.4 Å². The van der Waals surface area contributed by atoms with Gasteiger partial charge in [0, 0.05) is 16.4 Å². The van der Waals surface area contributed by atoms with E-state index < -0.39 is 0 Å². The average molecular weight is 335 g/mol. The van der Waals surface area contributed by atoms with Crippen molar-refractivity contribution >= 4 is 27.5 Å². The first-order valence-electron chi connectivity index (χ1n) is 6.25. The molecule has 0 radical (unpaired) electrons. The molecular formula is C15H15BrN2O2. The molecule has 1 aromatic carbocycles. The van der Waals surface area contributed by atoms with Crippen LogP contribution >= 0.6 is 15.9 Å². The summed E-state index contributed by atoms with van der Waals surface area (Å²) in [6, 6.07) is 10.8. The molecule has 0 aliphatic carbocycles. The smallest absolute Gasteiger partial charge is 0.275 e. The lowest BCUT2D eigenvalue weighted by atomic mass is 10.2. The van der Waals surface area contributed by atoms with Crippen molar-refractivity contribution < 1.29 is 9.53 Å². The first kappa shape index (κ1) is 14.5. The molecule has 2 rings (SSSR count). The van der Waals surface area contributed by atoms with Gasteiger partial charge in [-0.15, -0.1) is 0 Å². The number of anilines is 1. The molecule has 0 aliphatic rings. The Morgan fingerprint density at radius 3 is 2.55 bits per heavy atom. The number of nitrogens with one attached hydrogen (secondary N) is 1. The fraction of sp³-hybridized carbons (Fsp3) is 0.200. The molecule has 0 aliphatic heterocycles. The second-order valence-corrected chi connectivity index (χ2v) is 5.33. The maximum absolute atomic E-state index is 12.1. The van der Waals surface area contributed by atoms with Crippen molar-refractivity contribution in [3.63, 3.8) is 0 Å². The van der Waals surface area contributed by atoms with E-state index in [-0.39, 0.29) is 12.0 Å². The predicted molar refractivity (Wildman–Crippen MR) is 82.1 cm³/mol. The number of halogens is 1. The Labute approximate surface area is 126 Å². The van der Waals surface area contributed by atoms with Gasteiger partial charge < -0.3 is 10.1 Å². The number of benzene rings is 1. The molecule has 0 unspecified atom stereocenters. The molecule has 1 amide bonds. The van der Waals surface area contributed by atoms with Crippen LogP contribution in [0.2, 0.25) is 0 Å². The van der Waals surface area contributed by atoms with Crippen LogP contribution in [-0.4, -0.2) is 17.0 Å². The third kappa shape index (κ3) is 3.81. The highest BCUT2D eigenvalue weighted by Crippen LogP contribution is 2.19. The van der Waals surface area contributed by atoms with Gasteiger partial charge in [0.15, 0.2) is 0 Å². The molecule has 1 N–H and O–H groups in total. The summed E-state index contributed by atoms with van der Waals surface area (Å²) in [6.45, 7) is 3.93. The van der Waals surface area contributed by atoms with E-state index in [0.717, 1.165) is 5.75 Å². The Morgan fingerprint density at radius 1 is 1.25 bits per heavy atom. The van der Waals surface area contributed by atoms with Gasteiger partial charge in [-0.3, -0.25) is 4.79 Å². The number of pyridine rings is 1. The standard InChI is InChI=1S/C15H15BrN2O2/c1-10(2)20-12-7-5-11(6-8-12)18-15(19)14-13(16)4-3-9-17-14/h3-10H,1-2H3,(H,18,19). The van der Waals surface area contributed by atoms with E-state index in [1.165, 1.54) is 0 Å². The van der Waals surface area contributed by atoms with E-state index >= 15 is 0 Å². The fourth-order valence-corrected chi connectivity index (χ4v) is 2.07. The molecule has 1 heterocycles. The Morgan fingerprint density at radius 2 is 1.95 bits per heavy atom. The van der Waals surface area contributed by atoms with Crippen LogP contribution in [0.1, 0.15) is 24.3 Å². The lowest BCUT2D eigenvalue weighted by Gasteiger charge is -2.10. The zero-order chi connectivity index (χ0) is 14.5. The molecule has 5 heteroatoms. The van der Waals surface area contributed by atoms with Crippen molar-refractivity contribution in [2.45, 2.75) is 20.0 Å². The number of hydrogen-bond donors (Lipinski definition) is 1. The fourth-order valence-electron chi connectivity index (χ4n) is 1.63. The van der Waals surface area contributed by atoms with Crippen molar-refractivity contribution in [1.82, 2.24) is 4.98 Å². The normalized spacial score (nSPS) is 10.4. The molecule has 0 atom stereocenters. The average Bonchev–Trinajstić information content (AvgIpc) is 2.41. The number of hydrogen-bond acceptors (Lipinski definition) is 3. The second-order valence-electron chi connectivity index (χ2n) is 4.48. The summed E-state index contributed by atoms with van der Waals surface area (Å²) >= 11 is 3.31. The molecule has 0 fully saturated rings. The molecular weight excluding hydrogens is 320 g/mol. The highest BCUT2D eigenvalue weighted by atomic mass is 79.9. The number of carbonyl (C=O) groups is 1. The number of ether oxygens (including phenoxy) is 1. The van der Waals surface area contributed by atoms with Crippen LogP contribution in [0.25, 0.3) is 0 Å². The van der Waals surface area contributed by atoms with Crippen LogP contribution in [-0.2, 0) is 0 Å². The molecule has 0 spiro atoms. The van der Waals surface area contributed by atoms with E-state index in [4.69, 9.17) is 4.74 Å². The molecule has 1 aromatic heterocycles. The highest BCUT2D eigenvalue weighted by Gasteiger charge is 2.11. The second kappa shape index (κ2) is 6.52. The van der Waals surface area contributed by atoms with Crippen LogP contribution in [0, 0.1) is 0 Å². The van der Waals surface area contributed by atoms with Crippen LogP contribution in [0.5, 0.6) is 5.75 Å². The highest BCUT2D eigenvalue weighted by molar-refractivity contribution is 9.10. The van der Waals surface area contributed by atoms with E-state index in [0.29, 0.717) is 15.9 Å². The number of nitrogens with zero attached hydrogens (tertiary/aromatic N) is 1. The van der Waals surface area contributed by atoms with Gasteiger partial charge >= 0.3 is 0 Å². The van der Waals surface area contributed by atoms with Crippen molar-refractivity contribution in [2.24, 2.45) is 0 Å². The van der Waals surface area contributed by atoms with E-state index in [9.17, 15) is 4.79 Å². The molecule has 0 saturated carbocycles. The summed E-state index contributed by atoms with van der Waals surface area (Å²) in [4.78, 5) is 16.1. The van der Waals surface area contributed by atoms with E-state index in [1.54, 1.807) is 30.5 Å². The third-order valence-corrected chi connectivity index (χ3v) is 3.10. The maximum atomic E-state index is 12.1. The number of rotatable bonds is 4. The lowest BCUT2D eigenvalue weighted by Crippen LogP contribution is -2.14. The van der Waals surface area contributed by atoms with Crippen LogP contribution in [0.15, 0.2) is 47.1 Å². The third-order valence-electron chi connectivity index (χ3n) is 2.46. The summed E-state index contributed by atoms with van der Waals surface area (Å²) in [5, 5.41) is 2.79. The largest absolute Gasteiger partial charge is 0.491 e. The summed E-state index contributed by atoms with van der Waals surface area (Å²) < 4.78 is 6.21. The lowest BCUT2D eigenvalue weighted by molar-refractivity contribution is 0.102. The predicted octanol–water partition coefficient (Wildman–Crippen LogP) is 3.88. The minimum Gasteiger partial charge on any atom is -0.491 e. The number of amides is 1. The van der Waals surface area contributed by atoms with Crippen molar-refractivity contribution in [1.29, 1.82) is 0 Å². The minimum absolute atomic E-state index is 0.125. The van der Waals surface area contributed by atoms with Gasteiger partial charge in [0.25, 0.3) is 5.91 Å². The number of carbonyl (C=O) groups excluding carboxylic acids is 1. The van der Waals surface area contributed by atoms with Gasteiger partial charge in [-0.05, 0) is 66.2 Å². The van der Waals surface area contributed by atoms with Crippen LogP contribution < -0.4 is 10.1 Å². The van der Waals surface area contributed by atoms with E-state index in [2.05, 4.69) is 26.2 Å². The summed E-state index contributed by atoms with van der Waals surface area (Å²) in [5.74, 6) is 0.520. The zero-order valence-corrected chi connectivity index (χ0v) is 12.8. The Kier molecular flexibility index (Phi) is 4.74. The first-order valence-corrected chi connectivity index (χ1v) is 7.04.